The van der Waals surface area contributed by atoms with Gasteiger partial charge in [0.2, 0.25) is 0 Å². The Kier molecular flexibility index (Phi) is 7.32. The molecule has 1 aliphatic heterocycles. The van der Waals surface area contributed by atoms with Crippen LogP contribution in [0.3, 0.4) is 0 Å². The van der Waals surface area contributed by atoms with Crippen LogP contribution in [0.1, 0.15) is 35.7 Å². The number of benzene rings is 1. The fraction of sp³-hybridized carbons (Fsp3) is 0.450. The van der Waals surface area contributed by atoms with Crippen molar-refractivity contribution < 1.29 is 42.8 Å². The molecule has 0 unspecified atom stereocenters. The Hall–Kier alpha value is -2.52. The minimum absolute atomic E-state index is 0.0442. The fourth-order valence-electron chi connectivity index (χ4n) is 2.93. The number of ether oxygens (including phenoxy) is 2. The van der Waals surface area contributed by atoms with Crippen molar-refractivity contribution in [1.29, 1.82) is 0 Å². The van der Waals surface area contributed by atoms with Gasteiger partial charge in [-0.15, -0.1) is 0 Å². The lowest BCUT2D eigenvalue weighted by Gasteiger charge is -2.23. The molecule has 0 saturated carbocycles. The summed E-state index contributed by atoms with van der Waals surface area (Å²) >= 11 is 0. The lowest BCUT2D eigenvalue weighted by atomic mass is 9.97. The van der Waals surface area contributed by atoms with Crippen LogP contribution in [0.2, 0.25) is 0 Å². The fourth-order valence-corrected chi connectivity index (χ4v) is 2.93. The van der Waals surface area contributed by atoms with Crippen LogP contribution in [0.5, 0.6) is 11.5 Å². The predicted octanol–water partition coefficient (Wildman–Crippen LogP) is 3.21. The number of carbonyl (C=O) groups excluding carboxylic acids is 1. The van der Waals surface area contributed by atoms with Crippen molar-refractivity contribution in [2.45, 2.75) is 44.3 Å². The number of fused-ring (bicyclic) bond motifs is 1. The van der Waals surface area contributed by atoms with Crippen molar-refractivity contribution in [3.8, 4) is 11.5 Å². The first-order valence-electron chi connectivity index (χ1n) is 8.91. The SMILES string of the molecule is COc1cc(O)c2c(c1)/C=C/C[C@H](O)[C@H](O)/C=C\[C@@H](CC(F)(F)F)[C@H](C)OC2=O. The molecular formula is C20H23F3O6. The first kappa shape index (κ1) is 22.8. The minimum Gasteiger partial charge on any atom is -0.507 e. The summed E-state index contributed by atoms with van der Waals surface area (Å²) in [5.41, 5.74) is -0.0433. The molecule has 0 aliphatic carbocycles. The van der Waals surface area contributed by atoms with Gasteiger partial charge in [0, 0.05) is 12.0 Å². The van der Waals surface area contributed by atoms with Crippen molar-refractivity contribution in [3.05, 3.63) is 41.5 Å². The third kappa shape index (κ3) is 6.23. The van der Waals surface area contributed by atoms with E-state index >= 15 is 0 Å². The summed E-state index contributed by atoms with van der Waals surface area (Å²) in [5.74, 6) is -2.51. The van der Waals surface area contributed by atoms with Gasteiger partial charge in [0.25, 0.3) is 0 Å². The molecule has 3 N–H and O–H groups in total. The first-order valence-corrected chi connectivity index (χ1v) is 8.91. The average Bonchev–Trinajstić information content (AvgIpc) is 2.62. The maximum atomic E-state index is 12.9. The standard InChI is InChI=1S/C20H23F3O6/c1-11-13(10-20(21,22)23)6-7-16(25)15(24)5-3-4-12-8-14(28-2)9-17(26)18(12)19(27)29-11/h3-4,6-9,11,13,15-16,24-26H,5,10H2,1-2H3/b4-3+,7-6-/t11-,13-,15-,16+/m0/s1. The molecule has 0 saturated heterocycles. The van der Waals surface area contributed by atoms with Crippen molar-refractivity contribution in [3.63, 3.8) is 0 Å². The number of aliphatic hydroxyl groups excluding tert-OH is 2. The molecule has 6 nitrogen and oxygen atoms in total. The van der Waals surface area contributed by atoms with Gasteiger partial charge in [-0.3, -0.25) is 0 Å². The Labute approximate surface area is 165 Å². The third-order valence-corrected chi connectivity index (χ3v) is 4.55. The van der Waals surface area contributed by atoms with Gasteiger partial charge < -0.3 is 24.8 Å². The average molecular weight is 416 g/mol. The van der Waals surface area contributed by atoms with Gasteiger partial charge in [0.15, 0.2) is 0 Å². The Morgan fingerprint density at radius 2 is 1.93 bits per heavy atom. The van der Waals surface area contributed by atoms with Gasteiger partial charge >= 0.3 is 12.1 Å². The van der Waals surface area contributed by atoms with Gasteiger partial charge in [-0.25, -0.2) is 4.79 Å². The summed E-state index contributed by atoms with van der Waals surface area (Å²) in [5, 5.41) is 30.2. The summed E-state index contributed by atoms with van der Waals surface area (Å²) in [6.45, 7) is 1.29. The van der Waals surface area contributed by atoms with E-state index in [0.717, 1.165) is 12.2 Å². The molecule has 0 radical (unpaired) electrons. The summed E-state index contributed by atoms with van der Waals surface area (Å²) in [4.78, 5) is 12.6. The molecule has 29 heavy (non-hydrogen) atoms. The van der Waals surface area contributed by atoms with Gasteiger partial charge in [0.05, 0.1) is 25.7 Å². The molecule has 0 bridgehead atoms. The van der Waals surface area contributed by atoms with Crippen LogP contribution in [0.4, 0.5) is 13.2 Å². The number of phenolic OH excluding ortho intramolecular Hbond substituents is 1. The number of aliphatic hydroxyl groups is 2. The number of alkyl halides is 3. The van der Waals surface area contributed by atoms with Crippen LogP contribution < -0.4 is 4.74 Å². The van der Waals surface area contributed by atoms with Crippen LogP contribution in [-0.2, 0) is 4.74 Å². The molecule has 0 aromatic heterocycles. The molecule has 9 heteroatoms. The summed E-state index contributed by atoms with van der Waals surface area (Å²) in [6, 6.07) is 2.62. The Bertz CT molecular complexity index is 787. The highest BCUT2D eigenvalue weighted by molar-refractivity contribution is 5.97. The van der Waals surface area contributed by atoms with E-state index in [2.05, 4.69) is 0 Å². The van der Waals surface area contributed by atoms with E-state index in [4.69, 9.17) is 9.47 Å². The second-order valence-corrected chi connectivity index (χ2v) is 6.79. The van der Waals surface area contributed by atoms with E-state index in [1.807, 2.05) is 0 Å². The monoisotopic (exact) mass is 416 g/mol. The van der Waals surface area contributed by atoms with Crippen molar-refractivity contribution in [2.24, 2.45) is 5.92 Å². The molecular weight excluding hydrogens is 393 g/mol. The highest BCUT2D eigenvalue weighted by atomic mass is 19.4. The second-order valence-electron chi connectivity index (χ2n) is 6.79. The predicted molar refractivity (Wildman–Crippen MR) is 98.5 cm³/mol. The largest absolute Gasteiger partial charge is 0.507 e. The van der Waals surface area contributed by atoms with E-state index in [0.29, 0.717) is 0 Å². The van der Waals surface area contributed by atoms with E-state index in [-0.39, 0.29) is 23.3 Å². The number of methoxy groups -OCH3 is 1. The zero-order chi connectivity index (χ0) is 21.8. The molecule has 1 aromatic rings. The van der Waals surface area contributed by atoms with E-state index in [1.54, 1.807) is 0 Å². The molecule has 1 heterocycles. The number of hydrogen-bond acceptors (Lipinski definition) is 6. The van der Waals surface area contributed by atoms with E-state index in [9.17, 15) is 33.3 Å². The summed E-state index contributed by atoms with van der Waals surface area (Å²) in [7, 11) is 1.36. The van der Waals surface area contributed by atoms with Crippen molar-refractivity contribution in [2.75, 3.05) is 7.11 Å². The number of phenols is 1. The van der Waals surface area contributed by atoms with Crippen molar-refractivity contribution >= 4 is 12.0 Å². The number of cyclic esters (lactones) is 1. The minimum atomic E-state index is -4.54. The van der Waals surface area contributed by atoms with Crippen LogP contribution >= 0.6 is 0 Å². The Morgan fingerprint density at radius 1 is 1.24 bits per heavy atom. The van der Waals surface area contributed by atoms with Gasteiger partial charge in [0.1, 0.15) is 23.2 Å². The molecule has 0 spiro atoms. The zero-order valence-corrected chi connectivity index (χ0v) is 15.9. The molecule has 1 aromatic carbocycles. The zero-order valence-electron chi connectivity index (χ0n) is 15.9. The van der Waals surface area contributed by atoms with Crippen LogP contribution in [0, 0.1) is 5.92 Å². The van der Waals surface area contributed by atoms with Crippen LogP contribution in [0.15, 0.2) is 30.4 Å². The number of rotatable bonds is 2. The number of halogens is 3. The molecule has 4 atom stereocenters. The maximum absolute atomic E-state index is 12.9. The summed E-state index contributed by atoms with van der Waals surface area (Å²) in [6.07, 6.45) is -4.75. The lowest BCUT2D eigenvalue weighted by Crippen LogP contribution is -2.28. The summed E-state index contributed by atoms with van der Waals surface area (Å²) < 4.78 is 49.1. The smallest absolute Gasteiger partial charge is 0.389 e. The molecule has 2 rings (SSSR count). The quantitative estimate of drug-likeness (QED) is 0.506. The number of esters is 1. The number of aromatic hydroxyl groups is 1. The first-order chi connectivity index (χ1) is 13.5. The molecule has 1 aliphatic rings. The van der Waals surface area contributed by atoms with Crippen LogP contribution in [0.25, 0.3) is 6.08 Å². The Morgan fingerprint density at radius 3 is 2.55 bits per heavy atom. The van der Waals surface area contributed by atoms with Gasteiger partial charge in [-0.2, -0.15) is 13.2 Å². The van der Waals surface area contributed by atoms with E-state index in [1.165, 1.54) is 38.3 Å². The number of hydrogen-bond donors (Lipinski definition) is 3. The Balaban J connectivity index is 2.50. The molecule has 0 amide bonds. The third-order valence-electron chi connectivity index (χ3n) is 4.55. The van der Waals surface area contributed by atoms with Gasteiger partial charge in [-0.05, 0) is 25.0 Å². The normalized spacial score (nSPS) is 28.2. The highest BCUT2D eigenvalue weighted by Crippen LogP contribution is 2.33. The molecule has 0 fully saturated rings. The van der Waals surface area contributed by atoms with Gasteiger partial charge in [-0.1, -0.05) is 24.3 Å². The van der Waals surface area contributed by atoms with Crippen LogP contribution in [-0.4, -0.2) is 52.9 Å². The number of carbonyl (C=O) groups is 1. The van der Waals surface area contributed by atoms with E-state index < -0.39 is 48.5 Å². The highest BCUT2D eigenvalue weighted by Gasteiger charge is 2.35. The van der Waals surface area contributed by atoms with Crippen molar-refractivity contribution in [1.82, 2.24) is 0 Å². The second kappa shape index (κ2) is 9.32. The molecule has 160 valence electrons. The maximum Gasteiger partial charge on any atom is 0.389 e. The topological polar surface area (TPSA) is 96.2 Å². The lowest BCUT2D eigenvalue weighted by molar-refractivity contribution is -0.147.